The van der Waals surface area contributed by atoms with Gasteiger partial charge in [-0.2, -0.15) is 0 Å². The number of aromatic nitrogens is 1. The summed E-state index contributed by atoms with van der Waals surface area (Å²) in [5.74, 6) is -0.158. The summed E-state index contributed by atoms with van der Waals surface area (Å²) in [6, 6.07) is 5.28. The number of thiazole rings is 1. The molecule has 0 bridgehead atoms. The maximum Gasteiger partial charge on any atom is 0.404 e. The number of hydrogen-bond donors (Lipinski definition) is 1. The Labute approximate surface area is 146 Å². The van der Waals surface area contributed by atoms with Crippen LogP contribution >= 0.6 is 22.9 Å². The van der Waals surface area contributed by atoms with Gasteiger partial charge in [-0.1, -0.05) is 29.0 Å². The molecule has 1 fully saturated rings. The number of primary amides is 1. The Bertz CT molecular complexity index is 839. The Morgan fingerprint density at radius 1 is 1.33 bits per heavy atom. The van der Waals surface area contributed by atoms with Crippen molar-refractivity contribution < 1.29 is 14.3 Å². The fraction of sp³-hybridized carbons (Fsp3) is 0.400. The smallest absolute Gasteiger partial charge is 0.404 e. The lowest BCUT2D eigenvalue weighted by Gasteiger charge is -2.31. The van der Waals surface area contributed by atoms with Crippen molar-refractivity contribution >= 4 is 45.2 Å². The van der Waals surface area contributed by atoms with Crippen molar-refractivity contribution in [3.63, 3.8) is 0 Å². The summed E-state index contributed by atoms with van der Waals surface area (Å²) in [7, 11) is 0. The van der Waals surface area contributed by atoms with E-state index in [9.17, 15) is 14.4 Å². The summed E-state index contributed by atoms with van der Waals surface area (Å²) in [6.45, 7) is 0.868. The van der Waals surface area contributed by atoms with Gasteiger partial charge in [-0.3, -0.25) is 14.2 Å². The number of halogens is 1. The predicted octanol–water partition coefficient (Wildman–Crippen LogP) is 1.80. The molecule has 0 spiro atoms. The molecule has 0 unspecified atom stereocenters. The number of ether oxygens (including phenoxy) is 1. The van der Waals surface area contributed by atoms with Crippen LogP contribution in [0.3, 0.4) is 0 Å². The van der Waals surface area contributed by atoms with E-state index in [1.54, 1.807) is 23.1 Å². The Hall–Kier alpha value is -2.06. The van der Waals surface area contributed by atoms with E-state index in [0.717, 1.165) is 16.0 Å². The lowest BCUT2D eigenvalue weighted by molar-refractivity contribution is -0.133. The molecular formula is C15H16ClN3O4S. The number of likely N-dealkylation sites (tertiary alicyclic amines) is 1. The first kappa shape index (κ1) is 16.8. The minimum atomic E-state index is -0.800. The highest BCUT2D eigenvalue weighted by atomic mass is 35.5. The van der Waals surface area contributed by atoms with Gasteiger partial charge in [0.15, 0.2) is 0 Å². The number of rotatable bonds is 3. The molecule has 7 nitrogen and oxygen atoms in total. The second-order valence-electron chi connectivity index (χ2n) is 5.56. The van der Waals surface area contributed by atoms with E-state index in [4.69, 9.17) is 22.1 Å². The van der Waals surface area contributed by atoms with Crippen LogP contribution < -0.4 is 10.6 Å². The molecule has 0 saturated carbocycles. The van der Waals surface area contributed by atoms with Crippen molar-refractivity contribution in [2.45, 2.75) is 25.5 Å². The molecule has 128 valence electrons. The normalized spacial score (nSPS) is 15.6. The molecule has 0 aliphatic carbocycles. The molecule has 1 aliphatic heterocycles. The molecule has 1 aliphatic rings. The average Bonchev–Trinajstić information content (AvgIpc) is 2.84. The third kappa shape index (κ3) is 3.39. The highest BCUT2D eigenvalue weighted by molar-refractivity contribution is 7.16. The van der Waals surface area contributed by atoms with Gasteiger partial charge in [0.25, 0.3) is 0 Å². The third-order valence-corrected chi connectivity index (χ3v) is 5.26. The number of nitrogens with two attached hydrogens (primary N) is 1. The highest BCUT2D eigenvalue weighted by Crippen LogP contribution is 2.25. The van der Waals surface area contributed by atoms with Gasteiger partial charge in [-0.05, 0) is 12.1 Å². The van der Waals surface area contributed by atoms with Crippen LogP contribution in [0.5, 0.6) is 0 Å². The molecule has 1 aromatic heterocycles. The van der Waals surface area contributed by atoms with E-state index in [-0.39, 0.29) is 23.4 Å². The summed E-state index contributed by atoms with van der Waals surface area (Å²) >= 11 is 7.24. The van der Waals surface area contributed by atoms with E-state index < -0.39 is 6.09 Å². The first-order valence-corrected chi connectivity index (χ1v) is 8.67. The molecule has 3 rings (SSSR count). The average molecular weight is 370 g/mol. The summed E-state index contributed by atoms with van der Waals surface area (Å²) in [4.78, 5) is 36.9. The molecule has 0 atom stereocenters. The largest absolute Gasteiger partial charge is 0.446 e. The van der Waals surface area contributed by atoms with Crippen LogP contribution in [0.1, 0.15) is 12.8 Å². The first-order valence-electron chi connectivity index (χ1n) is 7.47. The monoisotopic (exact) mass is 369 g/mol. The lowest BCUT2D eigenvalue weighted by atomic mass is 10.1. The highest BCUT2D eigenvalue weighted by Gasteiger charge is 2.25. The van der Waals surface area contributed by atoms with Crippen LogP contribution in [-0.2, 0) is 16.1 Å². The number of amides is 2. The Balaban J connectivity index is 1.71. The van der Waals surface area contributed by atoms with Crippen molar-refractivity contribution in [2.24, 2.45) is 5.73 Å². The van der Waals surface area contributed by atoms with E-state index in [1.807, 2.05) is 0 Å². The number of fused-ring (bicyclic) bond motifs is 1. The van der Waals surface area contributed by atoms with Gasteiger partial charge < -0.3 is 15.4 Å². The van der Waals surface area contributed by atoms with Crippen LogP contribution in [0.15, 0.2) is 23.0 Å². The Morgan fingerprint density at radius 3 is 2.71 bits per heavy atom. The van der Waals surface area contributed by atoms with Crippen molar-refractivity contribution in [2.75, 3.05) is 13.1 Å². The second-order valence-corrected chi connectivity index (χ2v) is 6.96. The molecule has 24 heavy (non-hydrogen) atoms. The minimum Gasteiger partial charge on any atom is -0.446 e. The number of para-hydroxylation sites is 1. The molecule has 0 radical (unpaired) electrons. The van der Waals surface area contributed by atoms with E-state index in [2.05, 4.69) is 0 Å². The van der Waals surface area contributed by atoms with E-state index >= 15 is 0 Å². The summed E-state index contributed by atoms with van der Waals surface area (Å²) in [5, 5.41) is 0.451. The minimum absolute atomic E-state index is 0.0517. The van der Waals surface area contributed by atoms with E-state index in [1.165, 1.54) is 4.57 Å². The Kier molecular flexibility index (Phi) is 4.77. The zero-order valence-electron chi connectivity index (χ0n) is 12.7. The van der Waals surface area contributed by atoms with Crippen LogP contribution in [0, 0.1) is 0 Å². The van der Waals surface area contributed by atoms with Crippen LogP contribution in [0.4, 0.5) is 4.79 Å². The van der Waals surface area contributed by atoms with Gasteiger partial charge in [-0.15, -0.1) is 0 Å². The van der Waals surface area contributed by atoms with Crippen LogP contribution in [-0.4, -0.2) is 40.7 Å². The topological polar surface area (TPSA) is 94.6 Å². The van der Waals surface area contributed by atoms with Gasteiger partial charge in [0.2, 0.25) is 5.91 Å². The van der Waals surface area contributed by atoms with Crippen molar-refractivity contribution in [3.05, 3.63) is 32.9 Å². The van der Waals surface area contributed by atoms with Crippen LogP contribution in [0.2, 0.25) is 5.02 Å². The SMILES string of the molecule is NC(=O)OC1CCN(C(=O)Cn2c(=O)sc3cccc(Cl)c32)CC1. The zero-order chi connectivity index (χ0) is 17.3. The van der Waals surface area contributed by atoms with Gasteiger partial charge >= 0.3 is 11.0 Å². The first-order chi connectivity index (χ1) is 11.5. The Morgan fingerprint density at radius 2 is 2.04 bits per heavy atom. The van der Waals surface area contributed by atoms with Crippen molar-refractivity contribution in [1.29, 1.82) is 0 Å². The summed E-state index contributed by atoms with van der Waals surface area (Å²) < 4.78 is 7.12. The molecule has 2 aromatic rings. The molecule has 1 saturated heterocycles. The van der Waals surface area contributed by atoms with Gasteiger partial charge in [-0.25, -0.2) is 4.79 Å². The number of benzene rings is 1. The maximum atomic E-state index is 12.5. The fourth-order valence-electron chi connectivity index (χ4n) is 2.85. The van der Waals surface area contributed by atoms with Gasteiger partial charge in [0.05, 0.1) is 15.2 Å². The number of carbonyl (C=O) groups is 2. The van der Waals surface area contributed by atoms with Gasteiger partial charge in [0, 0.05) is 25.9 Å². The third-order valence-electron chi connectivity index (χ3n) is 4.01. The predicted molar refractivity (Wildman–Crippen MR) is 91.4 cm³/mol. The molecular weight excluding hydrogens is 354 g/mol. The van der Waals surface area contributed by atoms with Crippen molar-refractivity contribution in [3.8, 4) is 0 Å². The van der Waals surface area contributed by atoms with E-state index in [0.29, 0.717) is 36.5 Å². The lowest BCUT2D eigenvalue weighted by Crippen LogP contribution is -2.43. The molecule has 9 heteroatoms. The number of nitrogens with zero attached hydrogens (tertiary/aromatic N) is 2. The van der Waals surface area contributed by atoms with Crippen LogP contribution in [0.25, 0.3) is 10.2 Å². The maximum absolute atomic E-state index is 12.5. The van der Waals surface area contributed by atoms with Gasteiger partial charge in [0.1, 0.15) is 12.6 Å². The van der Waals surface area contributed by atoms with Crippen molar-refractivity contribution in [1.82, 2.24) is 9.47 Å². The number of carbonyl (C=O) groups excluding carboxylic acids is 2. The summed E-state index contributed by atoms with van der Waals surface area (Å²) in [5.41, 5.74) is 5.59. The fourth-order valence-corrected chi connectivity index (χ4v) is 4.10. The number of piperidine rings is 1. The standard InChI is InChI=1S/C15H16ClN3O4S/c16-10-2-1-3-11-13(10)19(15(22)24-11)8-12(20)18-6-4-9(5-7-18)23-14(17)21/h1-3,9H,4-8H2,(H2,17,21). The zero-order valence-corrected chi connectivity index (χ0v) is 14.3. The summed E-state index contributed by atoms with van der Waals surface area (Å²) in [6.07, 6.45) is 0.0140. The molecule has 2 amide bonds. The molecule has 1 aromatic carbocycles. The molecule has 2 heterocycles. The second kappa shape index (κ2) is 6.82. The molecule has 2 N–H and O–H groups in total. The quantitative estimate of drug-likeness (QED) is 0.892. The number of hydrogen-bond acceptors (Lipinski definition) is 5.